The Morgan fingerprint density at radius 2 is 2.21 bits per heavy atom. The van der Waals surface area contributed by atoms with Crippen molar-refractivity contribution >= 4 is 5.95 Å². The number of aryl methyl sites for hydroxylation is 1. The second-order valence-corrected chi connectivity index (χ2v) is 5.64. The predicted octanol–water partition coefficient (Wildman–Crippen LogP) is 3.53. The molecular weight excluding hydrogens is 238 g/mol. The summed E-state index contributed by atoms with van der Waals surface area (Å²) in [7, 11) is 1.77. The highest BCUT2D eigenvalue weighted by molar-refractivity contribution is 5.31. The van der Waals surface area contributed by atoms with Gasteiger partial charge in [0, 0.05) is 19.3 Å². The van der Waals surface area contributed by atoms with Crippen molar-refractivity contribution in [3.63, 3.8) is 0 Å². The van der Waals surface area contributed by atoms with Gasteiger partial charge in [0.15, 0.2) is 0 Å². The van der Waals surface area contributed by atoms with Crippen LogP contribution in [0, 0.1) is 6.92 Å². The highest BCUT2D eigenvalue weighted by Gasteiger charge is 2.20. The summed E-state index contributed by atoms with van der Waals surface area (Å²) in [6.45, 7) is 5.03. The molecule has 0 bridgehead atoms. The Labute approximate surface area is 116 Å². The lowest BCUT2D eigenvalue weighted by Crippen LogP contribution is -2.21. The highest BCUT2D eigenvalue weighted by Crippen LogP contribution is 2.25. The van der Waals surface area contributed by atoms with E-state index in [0.717, 1.165) is 31.1 Å². The minimum Gasteiger partial charge on any atom is -0.383 e. The molecule has 1 saturated carbocycles. The van der Waals surface area contributed by atoms with Crippen molar-refractivity contribution in [2.45, 2.75) is 64.5 Å². The van der Waals surface area contributed by atoms with Crippen LogP contribution in [0.4, 0.5) is 5.95 Å². The largest absolute Gasteiger partial charge is 0.383 e. The van der Waals surface area contributed by atoms with E-state index < -0.39 is 0 Å². The van der Waals surface area contributed by atoms with E-state index in [9.17, 15) is 0 Å². The number of nitrogens with zero attached hydrogens (tertiary/aromatic N) is 2. The third-order valence-electron chi connectivity index (χ3n) is 3.92. The molecule has 1 aromatic rings. The van der Waals surface area contributed by atoms with Crippen LogP contribution in [0.15, 0.2) is 6.20 Å². The van der Waals surface area contributed by atoms with Crippen molar-refractivity contribution in [3.05, 3.63) is 11.9 Å². The van der Waals surface area contributed by atoms with Crippen molar-refractivity contribution in [1.29, 1.82) is 0 Å². The van der Waals surface area contributed by atoms with Crippen molar-refractivity contribution in [2.24, 2.45) is 0 Å². The zero-order valence-corrected chi connectivity index (χ0v) is 12.5. The Morgan fingerprint density at radius 3 is 2.84 bits per heavy atom. The molecule has 4 heteroatoms. The van der Waals surface area contributed by atoms with Crippen molar-refractivity contribution in [3.8, 4) is 0 Å². The molecule has 1 aliphatic rings. The molecule has 1 fully saturated rings. The number of ether oxygens (including phenoxy) is 1. The first-order valence-electron chi connectivity index (χ1n) is 7.55. The Hall–Kier alpha value is -1.03. The lowest BCUT2D eigenvalue weighted by Gasteiger charge is -2.21. The molecule has 19 heavy (non-hydrogen) atoms. The first-order chi connectivity index (χ1) is 9.24. The summed E-state index contributed by atoms with van der Waals surface area (Å²) in [6.07, 6.45) is 9.67. The van der Waals surface area contributed by atoms with Gasteiger partial charge < -0.3 is 14.6 Å². The molecule has 0 radical (unpaired) electrons. The maximum atomic E-state index is 5.37. The lowest BCUT2D eigenvalue weighted by atomic mass is 10.2. The second-order valence-electron chi connectivity index (χ2n) is 5.64. The molecule has 0 aromatic carbocycles. The fraction of sp³-hybridized carbons (Fsp3) is 0.800. The molecule has 2 rings (SSSR count). The second kappa shape index (κ2) is 6.94. The van der Waals surface area contributed by atoms with Crippen LogP contribution in [-0.4, -0.2) is 29.3 Å². The van der Waals surface area contributed by atoms with E-state index in [1.807, 2.05) is 0 Å². The molecule has 1 unspecified atom stereocenters. The van der Waals surface area contributed by atoms with Crippen molar-refractivity contribution in [2.75, 3.05) is 19.0 Å². The number of hydrogen-bond acceptors (Lipinski definition) is 3. The first kappa shape index (κ1) is 14.4. The Balaban J connectivity index is 2.12. The summed E-state index contributed by atoms with van der Waals surface area (Å²) >= 11 is 0. The summed E-state index contributed by atoms with van der Waals surface area (Å²) < 4.78 is 7.65. The smallest absolute Gasteiger partial charge is 0.203 e. The molecule has 0 aliphatic heterocycles. The van der Waals surface area contributed by atoms with E-state index >= 15 is 0 Å². The molecule has 0 spiro atoms. The van der Waals surface area contributed by atoms with Crippen LogP contribution >= 0.6 is 0 Å². The number of methoxy groups -OCH3 is 1. The van der Waals surface area contributed by atoms with Crippen molar-refractivity contribution < 1.29 is 4.74 Å². The fourth-order valence-corrected chi connectivity index (χ4v) is 2.98. The zero-order chi connectivity index (χ0) is 13.7. The molecule has 108 valence electrons. The average Bonchev–Trinajstić information content (AvgIpc) is 2.99. The van der Waals surface area contributed by atoms with Gasteiger partial charge in [0.2, 0.25) is 5.95 Å². The standard InChI is InChI=1S/C15H27N3O/c1-4-7-14(11-19-3)18-10-12(2)16-15(18)17-13-8-5-6-9-13/h10,13-14H,4-9,11H2,1-3H3,(H,16,17). The first-order valence-corrected chi connectivity index (χ1v) is 7.55. The topological polar surface area (TPSA) is 39.1 Å². The van der Waals surface area contributed by atoms with Gasteiger partial charge in [-0.3, -0.25) is 0 Å². The summed E-state index contributed by atoms with van der Waals surface area (Å²) in [5.41, 5.74) is 1.08. The number of aromatic nitrogens is 2. The van der Waals surface area contributed by atoms with Crippen LogP contribution in [0.2, 0.25) is 0 Å². The molecule has 1 aromatic heterocycles. The maximum absolute atomic E-state index is 5.37. The molecule has 1 atom stereocenters. The van der Waals surface area contributed by atoms with Gasteiger partial charge in [0.05, 0.1) is 18.3 Å². The number of rotatable bonds is 7. The minimum absolute atomic E-state index is 0.389. The van der Waals surface area contributed by atoms with Gasteiger partial charge >= 0.3 is 0 Å². The monoisotopic (exact) mass is 265 g/mol. The van der Waals surface area contributed by atoms with Gasteiger partial charge in [-0.1, -0.05) is 26.2 Å². The SMILES string of the molecule is CCCC(COC)n1cc(C)nc1NC1CCCC1. The molecule has 4 nitrogen and oxygen atoms in total. The molecule has 0 amide bonds. The predicted molar refractivity (Wildman–Crippen MR) is 78.7 cm³/mol. The maximum Gasteiger partial charge on any atom is 0.203 e. The van der Waals surface area contributed by atoms with Gasteiger partial charge in [-0.15, -0.1) is 0 Å². The Kier molecular flexibility index (Phi) is 5.25. The van der Waals surface area contributed by atoms with Crippen LogP contribution in [0.1, 0.15) is 57.2 Å². The van der Waals surface area contributed by atoms with Gasteiger partial charge in [0.25, 0.3) is 0 Å². The van der Waals surface area contributed by atoms with Crippen LogP contribution in [0.3, 0.4) is 0 Å². The van der Waals surface area contributed by atoms with Crippen LogP contribution in [0.5, 0.6) is 0 Å². The van der Waals surface area contributed by atoms with E-state index in [4.69, 9.17) is 4.74 Å². The lowest BCUT2D eigenvalue weighted by molar-refractivity contribution is 0.151. The summed E-state index contributed by atoms with van der Waals surface area (Å²) in [5, 5.41) is 3.62. The number of imidazole rings is 1. The quantitative estimate of drug-likeness (QED) is 0.819. The normalized spacial score (nSPS) is 17.8. The van der Waals surface area contributed by atoms with Crippen LogP contribution in [0.25, 0.3) is 0 Å². The molecule has 1 N–H and O–H groups in total. The number of nitrogens with one attached hydrogen (secondary N) is 1. The van der Waals surface area contributed by atoms with Crippen LogP contribution in [-0.2, 0) is 4.74 Å². The molecular formula is C15H27N3O. The molecule has 1 heterocycles. The highest BCUT2D eigenvalue weighted by atomic mass is 16.5. The van der Waals surface area contributed by atoms with E-state index in [1.165, 1.54) is 25.7 Å². The average molecular weight is 265 g/mol. The molecule has 0 saturated heterocycles. The Bertz CT molecular complexity index is 377. The van der Waals surface area contributed by atoms with E-state index in [1.54, 1.807) is 7.11 Å². The third-order valence-corrected chi connectivity index (χ3v) is 3.92. The summed E-state index contributed by atoms with van der Waals surface area (Å²) in [6, 6.07) is 0.991. The van der Waals surface area contributed by atoms with Gasteiger partial charge in [-0.25, -0.2) is 4.98 Å². The van der Waals surface area contributed by atoms with Gasteiger partial charge in [0.1, 0.15) is 0 Å². The fourth-order valence-electron chi connectivity index (χ4n) is 2.98. The Morgan fingerprint density at radius 1 is 1.47 bits per heavy atom. The van der Waals surface area contributed by atoms with E-state index in [0.29, 0.717) is 12.1 Å². The minimum atomic E-state index is 0.389. The number of anilines is 1. The molecule has 1 aliphatic carbocycles. The van der Waals surface area contributed by atoms with Crippen molar-refractivity contribution in [1.82, 2.24) is 9.55 Å². The summed E-state index contributed by atoms with van der Waals surface area (Å²) in [5.74, 6) is 1.03. The summed E-state index contributed by atoms with van der Waals surface area (Å²) in [4.78, 5) is 4.66. The van der Waals surface area contributed by atoms with E-state index in [2.05, 4.69) is 34.9 Å². The number of hydrogen-bond donors (Lipinski definition) is 1. The van der Waals surface area contributed by atoms with Crippen LogP contribution < -0.4 is 5.32 Å². The third kappa shape index (κ3) is 3.72. The van der Waals surface area contributed by atoms with E-state index in [-0.39, 0.29) is 0 Å². The van der Waals surface area contributed by atoms with Gasteiger partial charge in [-0.2, -0.15) is 0 Å². The zero-order valence-electron chi connectivity index (χ0n) is 12.5. The van der Waals surface area contributed by atoms with Gasteiger partial charge in [-0.05, 0) is 26.2 Å².